The summed E-state index contributed by atoms with van der Waals surface area (Å²) < 4.78 is 3.06. The number of hydrogen-bond donors (Lipinski definition) is 1. The van der Waals surface area contributed by atoms with Gasteiger partial charge in [0.05, 0.1) is 11.2 Å². The van der Waals surface area contributed by atoms with Crippen LogP contribution < -0.4 is 5.32 Å². The molecule has 6 heteroatoms. The number of hydrogen-bond acceptors (Lipinski definition) is 4. The molecule has 0 amide bonds. The second kappa shape index (κ2) is 7.90. The molecule has 0 bridgehead atoms. The summed E-state index contributed by atoms with van der Waals surface area (Å²) in [5, 5.41) is 16.9. The highest BCUT2D eigenvalue weighted by Crippen LogP contribution is 2.42. The fraction of sp³-hybridized carbons (Fsp3) is 0.435. The van der Waals surface area contributed by atoms with Gasteiger partial charge in [-0.25, -0.2) is 0 Å². The van der Waals surface area contributed by atoms with Gasteiger partial charge in [-0.15, -0.1) is 5.10 Å². The van der Waals surface area contributed by atoms with Crippen molar-refractivity contribution in [3.05, 3.63) is 63.4 Å². The lowest BCUT2D eigenvalue weighted by atomic mass is 9.76. The first-order valence-electron chi connectivity index (χ1n) is 10.3. The molecule has 0 radical (unpaired) electrons. The van der Waals surface area contributed by atoms with E-state index in [1.807, 2.05) is 4.68 Å². The van der Waals surface area contributed by atoms with E-state index in [0.717, 1.165) is 53.3 Å². The fourth-order valence-corrected chi connectivity index (χ4v) is 4.76. The van der Waals surface area contributed by atoms with Crippen LogP contribution in [0.1, 0.15) is 55.1 Å². The zero-order valence-electron chi connectivity index (χ0n) is 17.5. The maximum atomic E-state index is 4.56. The topological polar surface area (TPSA) is 55.6 Å². The van der Waals surface area contributed by atoms with Crippen molar-refractivity contribution in [3.63, 3.8) is 0 Å². The van der Waals surface area contributed by atoms with Crippen LogP contribution >= 0.6 is 15.9 Å². The number of para-hydroxylation sites is 1. The summed E-state index contributed by atoms with van der Waals surface area (Å²) in [5.41, 5.74) is 5.46. The molecule has 29 heavy (non-hydrogen) atoms. The number of rotatable bonds is 4. The van der Waals surface area contributed by atoms with Crippen LogP contribution in [0.5, 0.6) is 0 Å². The van der Waals surface area contributed by atoms with E-state index < -0.39 is 0 Å². The lowest BCUT2D eigenvalue weighted by molar-refractivity contribution is 0.255. The molecule has 0 spiro atoms. The van der Waals surface area contributed by atoms with Crippen molar-refractivity contribution in [2.24, 2.45) is 5.92 Å². The molecule has 1 saturated carbocycles. The zero-order valence-corrected chi connectivity index (χ0v) is 19.1. The average Bonchev–Trinajstić information content (AvgIpc) is 3.17. The van der Waals surface area contributed by atoms with E-state index in [4.69, 9.17) is 0 Å². The summed E-state index contributed by atoms with van der Waals surface area (Å²) >= 11 is 3.67. The first kappa shape index (κ1) is 20.1. The number of nitrogens with zero attached hydrogens (tertiary/aromatic N) is 4. The molecule has 1 heterocycles. The molecule has 5 nitrogen and oxygen atoms in total. The number of benzene rings is 2. The lowest BCUT2D eigenvalue weighted by Crippen LogP contribution is -2.41. The molecule has 4 rings (SSSR count). The third-order valence-corrected chi connectivity index (χ3v) is 7.09. The van der Waals surface area contributed by atoms with Crippen LogP contribution in [0.15, 0.2) is 40.9 Å². The normalized spacial score (nSPS) is 21.9. The van der Waals surface area contributed by atoms with Crippen molar-refractivity contribution < 1.29 is 0 Å². The van der Waals surface area contributed by atoms with Crippen LogP contribution in [-0.2, 0) is 5.54 Å². The molecule has 1 aliphatic rings. The smallest absolute Gasteiger partial charge is 0.181 e. The van der Waals surface area contributed by atoms with E-state index in [1.54, 1.807) is 0 Å². The Morgan fingerprint density at radius 2 is 1.72 bits per heavy atom. The zero-order chi connectivity index (χ0) is 20.6. The van der Waals surface area contributed by atoms with Gasteiger partial charge in [-0.1, -0.05) is 47.1 Å². The summed E-state index contributed by atoms with van der Waals surface area (Å²) in [7, 11) is 0. The summed E-state index contributed by atoms with van der Waals surface area (Å²) in [4.78, 5) is 0. The van der Waals surface area contributed by atoms with E-state index >= 15 is 0 Å². The van der Waals surface area contributed by atoms with Crippen molar-refractivity contribution in [1.29, 1.82) is 0 Å². The summed E-state index contributed by atoms with van der Waals surface area (Å²) in [6.07, 6.45) is 4.31. The number of nitrogens with one attached hydrogen (secondary N) is 1. The van der Waals surface area contributed by atoms with Crippen molar-refractivity contribution in [1.82, 2.24) is 20.2 Å². The second-order valence-corrected chi connectivity index (χ2v) is 9.36. The van der Waals surface area contributed by atoms with Gasteiger partial charge in [0.15, 0.2) is 5.82 Å². The van der Waals surface area contributed by atoms with Crippen molar-refractivity contribution >= 4 is 21.6 Å². The Bertz CT molecular complexity index is 998. The molecule has 1 N–H and O–H groups in total. The number of aryl methyl sites for hydroxylation is 3. The first-order chi connectivity index (χ1) is 13.9. The van der Waals surface area contributed by atoms with Crippen molar-refractivity contribution in [2.45, 2.75) is 58.9 Å². The predicted octanol–water partition coefficient (Wildman–Crippen LogP) is 5.87. The molecule has 0 unspecified atom stereocenters. The predicted molar refractivity (Wildman–Crippen MR) is 120 cm³/mol. The fourth-order valence-electron chi connectivity index (χ4n) is 4.38. The van der Waals surface area contributed by atoms with Gasteiger partial charge in [0.25, 0.3) is 0 Å². The van der Waals surface area contributed by atoms with Gasteiger partial charge in [-0.05, 0) is 91.6 Å². The van der Waals surface area contributed by atoms with Crippen LogP contribution in [-0.4, -0.2) is 20.2 Å². The second-order valence-electron chi connectivity index (χ2n) is 8.51. The average molecular weight is 454 g/mol. The van der Waals surface area contributed by atoms with Gasteiger partial charge in [0, 0.05) is 10.2 Å². The molecule has 1 aromatic heterocycles. The molecular formula is C23H28BrN5. The highest BCUT2D eigenvalue weighted by Gasteiger charge is 2.41. The van der Waals surface area contributed by atoms with Gasteiger partial charge in [0.2, 0.25) is 0 Å². The Labute approximate surface area is 181 Å². The minimum absolute atomic E-state index is 0.292. The third-order valence-electron chi connectivity index (χ3n) is 6.23. The number of aromatic nitrogens is 4. The van der Waals surface area contributed by atoms with Crippen LogP contribution in [0.25, 0.3) is 5.69 Å². The van der Waals surface area contributed by atoms with Crippen LogP contribution in [0.4, 0.5) is 5.69 Å². The highest BCUT2D eigenvalue weighted by atomic mass is 79.9. The largest absolute Gasteiger partial charge is 0.373 e. The third kappa shape index (κ3) is 3.82. The lowest BCUT2D eigenvalue weighted by Gasteiger charge is -2.40. The van der Waals surface area contributed by atoms with E-state index in [9.17, 15) is 0 Å². The SMILES string of the molecule is Cc1ccc(NC2(c3nnnn3-c3c(C)cccc3C)CCC(C)CC2)cc1Br. The molecular weight excluding hydrogens is 426 g/mol. The summed E-state index contributed by atoms with van der Waals surface area (Å²) in [6, 6.07) is 12.8. The Morgan fingerprint density at radius 1 is 1.03 bits per heavy atom. The quantitative estimate of drug-likeness (QED) is 0.536. The molecule has 1 fully saturated rings. The maximum Gasteiger partial charge on any atom is 0.181 e. The van der Waals surface area contributed by atoms with Crippen LogP contribution in [0, 0.1) is 26.7 Å². The van der Waals surface area contributed by atoms with E-state index in [1.165, 1.54) is 16.7 Å². The monoisotopic (exact) mass is 453 g/mol. The number of anilines is 1. The highest BCUT2D eigenvalue weighted by molar-refractivity contribution is 9.10. The van der Waals surface area contributed by atoms with Gasteiger partial charge in [0.1, 0.15) is 0 Å². The summed E-state index contributed by atoms with van der Waals surface area (Å²) in [5.74, 6) is 1.62. The minimum atomic E-state index is -0.292. The molecule has 1 aliphatic carbocycles. The van der Waals surface area contributed by atoms with Gasteiger partial charge >= 0.3 is 0 Å². The molecule has 2 aromatic carbocycles. The Morgan fingerprint density at radius 3 is 2.38 bits per heavy atom. The van der Waals surface area contributed by atoms with E-state index in [2.05, 4.69) is 101 Å². The maximum absolute atomic E-state index is 4.56. The van der Waals surface area contributed by atoms with Crippen LogP contribution in [0.2, 0.25) is 0 Å². The first-order valence-corrected chi connectivity index (χ1v) is 11.1. The number of halogens is 1. The van der Waals surface area contributed by atoms with E-state index in [-0.39, 0.29) is 5.54 Å². The molecule has 3 aromatic rings. The van der Waals surface area contributed by atoms with E-state index in [0.29, 0.717) is 0 Å². The molecule has 0 aliphatic heterocycles. The van der Waals surface area contributed by atoms with Crippen molar-refractivity contribution in [3.8, 4) is 5.69 Å². The minimum Gasteiger partial charge on any atom is -0.373 e. The van der Waals surface area contributed by atoms with Crippen LogP contribution in [0.3, 0.4) is 0 Å². The molecule has 152 valence electrons. The molecule has 0 atom stereocenters. The van der Waals surface area contributed by atoms with Gasteiger partial charge in [-0.3, -0.25) is 0 Å². The van der Waals surface area contributed by atoms with Gasteiger partial charge < -0.3 is 5.32 Å². The standard InChI is InChI=1S/C23H28BrN5/c1-15-10-12-23(13-11-15,25-19-9-8-16(2)20(24)14-19)22-26-27-28-29(22)21-17(3)6-5-7-18(21)4/h5-9,14-15,25H,10-13H2,1-4H3. The number of tetrazole rings is 1. The molecule has 0 saturated heterocycles. The van der Waals surface area contributed by atoms with Crippen molar-refractivity contribution in [2.75, 3.05) is 5.32 Å². The van der Waals surface area contributed by atoms with Gasteiger partial charge in [-0.2, -0.15) is 4.68 Å². The summed E-state index contributed by atoms with van der Waals surface area (Å²) in [6.45, 7) is 8.68. The Balaban J connectivity index is 1.81. The Hall–Kier alpha value is -2.21. The Kier molecular flexibility index (Phi) is 5.47.